The SMILES string of the molecule is O=C(O)C1(Cc2c[nH]c3cc(Cl)ccc23)CC1. The van der Waals surface area contributed by atoms with Crippen molar-refractivity contribution in [2.75, 3.05) is 0 Å². The number of benzene rings is 1. The van der Waals surface area contributed by atoms with Gasteiger partial charge in [0.2, 0.25) is 0 Å². The number of aliphatic carboxylic acids is 1. The number of nitrogens with one attached hydrogen (secondary N) is 1. The second-order valence-electron chi connectivity index (χ2n) is 4.77. The molecule has 0 aliphatic heterocycles. The first-order chi connectivity index (χ1) is 8.11. The fourth-order valence-corrected chi connectivity index (χ4v) is 2.46. The van der Waals surface area contributed by atoms with Gasteiger partial charge in [-0.05, 0) is 37.0 Å². The van der Waals surface area contributed by atoms with E-state index in [4.69, 9.17) is 11.6 Å². The molecule has 0 saturated heterocycles. The predicted molar refractivity (Wildman–Crippen MR) is 66.3 cm³/mol. The molecule has 1 saturated carbocycles. The molecular formula is C13H12ClNO2. The van der Waals surface area contributed by atoms with Gasteiger partial charge in [0, 0.05) is 22.1 Å². The van der Waals surface area contributed by atoms with E-state index in [0.717, 1.165) is 29.3 Å². The predicted octanol–water partition coefficient (Wildman–Crippen LogP) is 3.23. The summed E-state index contributed by atoms with van der Waals surface area (Å²) in [5.41, 5.74) is 1.51. The fraction of sp³-hybridized carbons (Fsp3) is 0.308. The number of carboxylic acid groups (broad SMARTS) is 1. The molecule has 1 aromatic carbocycles. The highest BCUT2D eigenvalue weighted by molar-refractivity contribution is 6.31. The summed E-state index contributed by atoms with van der Waals surface area (Å²) in [6, 6.07) is 5.64. The van der Waals surface area contributed by atoms with Crippen molar-refractivity contribution in [2.45, 2.75) is 19.3 Å². The molecule has 3 rings (SSSR count). The van der Waals surface area contributed by atoms with E-state index >= 15 is 0 Å². The molecule has 1 fully saturated rings. The van der Waals surface area contributed by atoms with E-state index in [2.05, 4.69) is 4.98 Å². The molecular weight excluding hydrogens is 238 g/mol. The minimum atomic E-state index is -0.680. The molecule has 4 heteroatoms. The fourth-order valence-electron chi connectivity index (χ4n) is 2.29. The van der Waals surface area contributed by atoms with Crippen LogP contribution in [0.3, 0.4) is 0 Å². The molecule has 1 aliphatic rings. The Morgan fingerprint density at radius 2 is 2.24 bits per heavy atom. The van der Waals surface area contributed by atoms with Gasteiger partial charge in [-0.25, -0.2) is 0 Å². The molecule has 0 spiro atoms. The second kappa shape index (κ2) is 3.50. The second-order valence-corrected chi connectivity index (χ2v) is 5.20. The smallest absolute Gasteiger partial charge is 0.309 e. The van der Waals surface area contributed by atoms with Crippen LogP contribution in [0.15, 0.2) is 24.4 Å². The van der Waals surface area contributed by atoms with E-state index in [1.165, 1.54) is 0 Å². The van der Waals surface area contributed by atoms with Crippen LogP contribution in [0.2, 0.25) is 5.02 Å². The molecule has 0 amide bonds. The molecule has 0 unspecified atom stereocenters. The van der Waals surface area contributed by atoms with Crippen molar-refractivity contribution in [3.63, 3.8) is 0 Å². The molecule has 3 nitrogen and oxygen atoms in total. The average Bonchev–Trinajstić information content (AvgIpc) is 2.96. The van der Waals surface area contributed by atoms with Crippen molar-refractivity contribution < 1.29 is 9.90 Å². The Kier molecular flexibility index (Phi) is 2.20. The summed E-state index contributed by atoms with van der Waals surface area (Å²) in [7, 11) is 0. The lowest BCUT2D eigenvalue weighted by Crippen LogP contribution is -2.17. The summed E-state index contributed by atoms with van der Waals surface area (Å²) in [4.78, 5) is 14.3. The first-order valence-electron chi connectivity index (χ1n) is 5.60. The summed E-state index contributed by atoms with van der Waals surface area (Å²) >= 11 is 5.91. The third-order valence-electron chi connectivity index (χ3n) is 3.57. The molecule has 2 aromatic rings. The van der Waals surface area contributed by atoms with Crippen LogP contribution in [-0.4, -0.2) is 16.1 Å². The lowest BCUT2D eigenvalue weighted by molar-refractivity contribution is -0.143. The number of carboxylic acids is 1. The maximum atomic E-state index is 11.2. The van der Waals surface area contributed by atoms with Crippen molar-refractivity contribution in [1.29, 1.82) is 0 Å². The van der Waals surface area contributed by atoms with Gasteiger partial charge in [0.25, 0.3) is 0 Å². The quantitative estimate of drug-likeness (QED) is 0.878. The summed E-state index contributed by atoms with van der Waals surface area (Å²) in [5.74, 6) is -0.680. The third kappa shape index (κ3) is 1.71. The van der Waals surface area contributed by atoms with Gasteiger partial charge in [0.05, 0.1) is 5.41 Å². The Labute approximate surface area is 103 Å². The van der Waals surface area contributed by atoms with Gasteiger partial charge in [-0.15, -0.1) is 0 Å². The summed E-state index contributed by atoms with van der Waals surface area (Å²) in [5, 5.41) is 10.9. The largest absolute Gasteiger partial charge is 0.481 e. The first-order valence-corrected chi connectivity index (χ1v) is 5.97. The topological polar surface area (TPSA) is 53.1 Å². The van der Waals surface area contributed by atoms with Crippen molar-refractivity contribution in [3.8, 4) is 0 Å². The van der Waals surface area contributed by atoms with Crippen LogP contribution in [0.25, 0.3) is 10.9 Å². The number of rotatable bonds is 3. The number of halogens is 1. The van der Waals surface area contributed by atoms with Crippen molar-refractivity contribution in [3.05, 3.63) is 35.0 Å². The van der Waals surface area contributed by atoms with E-state index < -0.39 is 11.4 Å². The lowest BCUT2D eigenvalue weighted by atomic mass is 9.96. The van der Waals surface area contributed by atoms with Gasteiger partial charge < -0.3 is 10.1 Å². The zero-order valence-electron chi connectivity index (χ0n) is 9.16. The number of H-pyrrole nitrogens is 1. The van der Waals surface area contributed by atoms with Crippen molar-refractivity contribution >= 4 is 28.5 Å². The Balaban J connectivity index is 1.99. The number of hydrogen-bond donors (Lipinski definition) is 2. The molecule has 17 heavy (non-hydrogen) atoms. The molecule has 0 radical (unpaired) electrons. The zero-order valence-corrected chi connectivity index (χ0v) is 9.92. The molecule has 2 N–H and O–H groups in total. The van der Waals surface area contributed by atoms with E-state index in [0.29, 0.717) is 11.4 Å². The van der Waals surface area contributed by atoms with Crippen LogP contribution < -0.4 is 0 Å². The first kappa shape index (κ1) is 10.7. The molecule has 0 atom stereocenters. The van der Waals surface area contributed by atoms with Gasteiger partial charge in [-0.1, -0.05) is 17.7 Å². The standard InChI is InChI=1S/C13H12ClNO2/c14-9-1-2-10-8(7-15-11(10)5-9)6-13(3-4-13)12(16)17/h1-2,5,7,15H,3-4,6H2,(H,16,17). The monoisotopic (exact) mass is 249 g/mol. The normalized spacial score (nSPS) is 17.2. The van der Waals surface area contributed by atoms with Crippen LogP contribution in [0.5, 0.6) is 0 Å². The zero-order chi connectivity index (χ0) is 12.0. The lowest BCUT2D eigenvalue weighted by Gasteiger charge is -2.08. The van der Waals surface area contributed by atoms with Gasteiger partial charge in [-0.3, -0.25) is 4.79 Å². The van der Waals surface area contributed by atoms with E-state index in [1.54, 1.807) is 0 Å². The van der Waals surface area contributed by atoms with Crippen LogP contribution in [0.4, 0.5) is 0 Å². The average molecular weight is 250 g/mol. The molecule has 1 aromatic heterocycles. The highest BCUT2D eigenvalue weighted by atomic mass is 35.5. The minimum absolute atomic E-state index is 0.519. The van der Waals surface area contributed by atoms with Gasteiger partial charge in [0.15, 0.2) is 0 Å². The number of aromatic amines is 1. The molecule has 88 valence electrons. The molecule has 1 aliphatic carbocycles. The number of aromatic nitrogens is 1. The summed E-state index contributed by atoms with van der Waals surface area (Å²) < 4.78 is 0. The number of carbonyl (C=O) groups is 1. The molecule has 1 heterocycles. The van der Waals surface area contributed by atoms with Crippen molar-refractivity contribution in [2.24, 2.45) is 5.41 Å². The van der Waals surface area contributed by atoms with Gasteiger partial charge >= 0.3 is 5.97 Å². The highest BCUT2D eigenvalue weighted by Crippen LogP contribution is 2.49. The summed E-state index contributed by atoms with van der Waals surface area (Å²) in [6.45, 7) is 0. The number of fused-ring (bicyclic) bond motifs is 1. The van der Waals surface area contributed by atoms with Gasteiger partial charge in [0.1, 0.15) is 0 Å². The van der Waals surface area contributed by atoms with E-state index in [9.17, 15) is 9.90 Å². The Bertz CT molecular complexity index is 598. The maximum absolute atomic E-state index is 11.2. The molecule has 0 bridgehead atoms. The van der Waals surface area contributed by atoms with E-state index in [1.807, 2.05) is 24.4 Å². The van der Waals surface area contributed by atoms with Crippen LogP contribution in [0.1, 0.15) is 18.4 Å². The van der Waals surface area contributed by atoms with Crippen LogP contribution in [-0.2, 0) is 11.2 Å². The van der Waals surface area contributed by atoms with Crippen molar-refractivity contribution in [1.82, 2.24) is 4.98 Å². The highest BCUT2D eigenvalue weighted by Gasteiger charge is 2.50. The number of hydrogen-bond acceptors (Lipinski definition) is 1. The Morgan fingerprint density at radius 3 is 2.88 bits per heavy atom. The Morgan fingerprint density at radius 1 is 1.47 bits per heavy atom. The van der Waals surface area contributed by atoms with Crippen LogP contribution in [0, 0.1) is 5.41 Å². The van der Waals surface area contributed by atoms with Gasteiger partial charge in [-0.2, -0.15) is 0 Å². The van der Waals surface area contributed by atoms with Crippen LogP contribution >= 0.6 is 11.6 Å². The van der Waals surface area contributed by atoms with E-state index in [-0.39, 0.29) is 0 Å². The third-order valence-corrected chi connectivity index (χ3v) is 3.80. The summed E-state index contributed by atoms with van der Waals surface area (Å²) in [6.07, 6.45) is 4.05. The maximum Gasteiger partial charge on any atom is 0.309 e. The minimum Gasteiger partial charge on any atom is -0.481 e. The Hall–Kier alpha value is -1.48.